The lowest BCUT2D eigenvalue weighted by Crippen LogP contribution is -2.30. The molecule has 0 N–H and O–H groups in total. The van der Waals surface area contributed by atoms with E-state index in [1.54, 1.807) is 62.8 Å². The van der Waals surface area contributed by atoms with E-state index in [1.165, 1.54) is 28.6 Å². The molecule has 3 aromatic rings. The molecule has 9 heteroatoms. The zero-order chi connectivity index (χ0) is 22.4. The first kappa shape index (κ1) is 22.3. The fraction of sp³-hybridized carbons (Fsp3) is 0.182. The Bertz CT molecular complexity index is 1080. The van der Waals surface area contributed by atoms with Crippen LogP contribution < -0.4 is 9.47 Å². The van der Waals surface area contributed by atoms with Gasteiger partial charge < -0.3 is 9.47 Å². The minimum absolute atomic E-state index is 0.0138. The summed E-state index contributed by atoms with van der Waals surface area (Å²) in [6.07, 6.45) is 0. The quantitative estimate of drug-likeness (QED) is 0.367. The summed E-state index contributed by atoms with van der Waals surface area (Å²) in [6.45, 7) is 0.241. The molecule has 162 valence electrons. The third-order valence-electron chi connectivity index (χ3n) is 4.72. The van der Waals surface area contributed by atoms with Gasteiger partial charge in [0.25, 0.3) is 5.69 Å². The standard InChI is InChI=1S/C22H22N2O6S/c1-29-20-9-3-17(4-10-20)15-23(16-18-5-11-21(30-2)12-6-18)31(27,28)22-13-7-19(8-14-22)24(25)26/h3-14H,15-16H2,1-2H3. The van der Waals surface area contributed by atoms with Crippen molar-refractivity contribution in [3.05, 3.63) is 94.0 Å². The van der Waals surface area contributed by atoms with E-state index in [0.29, 0.717) is 11.5 Å². The van der Waals surface area contributed by atoms with Crippen LogP contribution in [0, 0.1) is 10.1 Å². The second-order valence-corrected chi connectivity index (χ2v) is 8.66. The molecule has 0 amide bonds. The van der Waals surface area contributed by atoms with E-state index in [-0.39, 0.29) is 23.7 Å². The predicted octanol–water partition coefficient (Wildman–Crippen LogP) is 4.00. The minimum atomic E-state index is -3.92. The zero-order valence-electron chi connectivity index (χ0n) is 17.1. The monoisotopic (exact) mass is 442 g/mol. The van der Waals surface area contributed by atoms with Gasteiger partial charge in [-0.05, 0) is 47.5 Å². The Morgan fingerprint density at radius 3 is 1.55 bits per heavy atom. The van der Waals surface area contributed by atoms with E-state index in [1.807, 2.05) is 0 Å². The third kappa shape index (κ3) is 5.39. The van der Waals surface area contributed by atoms with Crippen LogP contribution in [0.25, 0.3) is 0 Å². The molecule has 0 aliphatic heterocycles. The number of non-ortho nitro benzene ring substituents is 1. The maximum atomic E-state index is 13.4. The summed E-state index contributed by atoms with van der Waals surface area (Å²) in [7, 11) is -0.804. The average molecular weight is 442 g/mol. The molecule has 0 unspecified atom stereocenters. The summed E-state index contributed by atoms with van der Waals surface area (Å²) in [5.41, 5.74) is 1.38. The molecular weight excluding hydrogens is 420 g/mol. The van der Waals surface area contributed by atoms with Crippen LogP contribution in [0.3, 0.4) is 0 Å². The van der Waals surface area contributed by atoms with E-state index in [2.05, 4.69) is 0 Å². The van der Waals surface area contributed by atoms with E-state index in [0.717, 1.165) is 11.1 Å². The summed E-state index contributed by atoms with van der Waals surface area (Å²) >= 11 is 0. The number of nitro benzene ring substituents is 1. The molecule has 0 heterocycles. The molecular formula is C22H22N2O6S. The molecule has 0 aliphatic carbocycles. The summed E-state index contributed by atoms with van der Waals surface area (Å²) < 4.78 is 38.4. The molecule has 0 radical (unpaired) electrons. The van der Waals surface area contributed by atoms with Crippen LogP contribution in [0.5, 0.6) is 11.5 Å². The lowest BCUT2D eigenvalue weighted by molar-refractivity contribution is -0.384. The SMILES string of the molecule is COc1ccc(CN(Cc2ccc(OC)cc2)S(=O)(=O)c2ccc([N+](=O)[O-])cc2)cc1. The van der Waals surface area contributed by atoms with Crippen LogP contribution in [-0.2, 0) is 23.1 Å². The van der Waals surface area contributed by atoms with Crippen LogP contribution >= 0.6 is 0 Å². The van der Waals surface area contributed by atoms with Crippen molar-refractivity contribution in [2.75, 3.05) is 14.2 Å². The maximum absolute atomic E-state index is 13.4. The van der Waals surface area contributed by atoms with Gasteiger partial charge in [-0.2, -0.15) is 4.31 Å². The minimum Gasteiger partial charge on any atom is -0.497 e. The van der Waals surface area contributed by atoms with E-state index in [4.69, 9.17) is 9.47 Å². The van der Waals surface area contributed by atoms with Gasteiger partial charge in [-0.15, -0.1) is 0 Å². The fourth-order valence-electron chi connectivity index (χ4n) is 2.98. The first-order valence-electron chi connectivity index (χ1n) is 9.34. The van der Waals surface area contributed by atoms with Gasteiger partial charge in [0.15, 0.2) is 0 Å². The van der Waals surface area contributed by atoms with Gasteiger partial charge in [0, 0.05) is 25.2 Å². The van der Waals surface area contributed by atoms with Crippen molar-refractivity contribution in [2.45, 2.75) is 18.0 Å². The molecule has 3 aromatic carbocycles. The predicted molar refractivity (Wildman–Crippen MR) is 116 cm³/mol. The number of nitro groups is 1. The van der Waals surface area contributed by atoms with Crippen molar-refractivity contribution in [1.82, 2.24) is 4.31 Å². The summed E-state index contributed by atoms with van der Waals surface area (Å²) in [4.78, 5) is 10.3. The van der Waals surface area contributed by atoms with Gasteiger partial charge in [0.2, 0.25) is 10.0 Å². The van der Waals surface area contributed by atoms with Crippen LogP contribution in [0.1, 0.15) is 11.1 Å². The molecule has 0 atom stereocenters. The molecule has 0 bridgehead atoms. The molecule has 0 aromatic heterocycles. The Labute approximate surface area is 180 Å². The number of methoxy groups -OCH3 is 2. The number of hydrogen-bond acceptors (Lipinski definition) is 6. The Hall–Kier alpha value is -3.43. The number of rotatable bonds is 9. The fourth-order valence-corrected chi connectivity index (χ4v) is 4.40. The Morgan fingerprint density at radius 1 is 0.774 bits per heavy atom. The maximum Gasteiger partial charge on any atom is 0.269 e. The largest absolute Gasteiger partial charge is 0.497 e. The van der Waals surface area contributed by atoms with Crippen molar-refractivity contribution < 1.29 is 22.8 Å². The van der Waals surface area contributed by atoms with Gasteiger partial charge in [-0.25, -0.2) is 8.42 Å². The molecule has 8 nitrogen and oxygen atoms in total. The van der Waals surface area contributed by atoms with Gasteiger partial charge in [-0.3, -0.25) is 10.1 Å². The van der Waals surface area contributed by atoms with Crippen LogP contribution in [-0.4, -0.2) is 31.9 Å². The van der Waals surface area contributed by atoms with Gasteiger partial charge >= 0.3 is 0 Å². The number of nitrogens with zero attached hydrogens (tertiary/aromatic N) is 2. The van der Waals surface area contributed by atoms with Crippen molar-refractivity contribution in [3.63, 3.8) is 0 Å². The molecule has 0 spiro atoms. The van der Waals surface area contributed by atoms with Gasteiger partial charge in [0.05, 0.1) is 24.0 Å². The summed E-state index contributed by atoms with van der Waals surface area (Å²) in [6, 6.07) is 19.1. The number of ether oxygens (including phenoxy) is 2. The smallest absolute Gasteiger partial charge is 0.269 e. The van der Waals surface area contributed by atoms with Gasteiger partial charge in [-0.1, -0.05) is 24.3 Å². The summed E-state index contributed by atoms with van der Waals surface area (Å²) in [5, 5.41) is 10.9. The molecule has 3 rings (SSSR count). The highest BCUT2D eigenvalue weighted by atomic mass is 32.2. The first-order chi connectivity index (χ1) is 14.8. The van der Waals surface area contributed by atoms with Gasteiger partial charge in [0.1, 0.15) is 11.5 Å². The molecule has 0 saturated heterocycles. The molecule has 31 heavy (non-hydrogen) atoms. The van der Waals surface area contributed by atoms with Crippen LogP contribution in [0.2, 0.25) is 0 Å². The highest BCUT2D eigenvalue weighted by Crippen LogP contribution is 2.24. The number of benzene rings is 3. The molecule has 0 fully saturated rings. The summed E-state index contributed by atoms with van der Waals surface area (Å²) in [5.74, 6) is 1.34. The van der Waals surface area contributed by atoms with Crippen molar-refractivity contribution in [1.29, 1.82) is 0 Å². The Kier molecular flexibility index (Phi) is 6.88. The third-order valence-corrected chi connectivity index (χ3v) is 6.53. The van der Waals surface area contributed by atoms with E-state index < -0.39 is 14.9 Å². The van der Waals surface area contributed by atoms with Crippen molar-refractivity contribution in [3.8, 4) is 11.5 Å². The van der Waals surface area contributed by atoms with Crippen LogP contribution in [0.15, 0.2) is 77.7 Å². The second kappa shape index (κ2) is 9.59. The normalized spacial score (nSPS) is 11.3. The lowest BCUT2D eigenvalue weighted by Gasteiger charge is -2.23. The van der Waals surface area contributed by atoms with Crippen molar-refractivity contribution >= 4 is 15.7 Å². The topological polar surface area (TPSA) is 99.0 Å². The van der Waals surface area contributed by atoms with E-state index in [9.17, 15) is 18.5 Å². The van der Waals surface area contributed by atoms with E-state index >= 15 is 0 Å². The zero-order valence-corrected chi connectivity index (χ0v) is 17.9. The number of hydrogen-bond donors (Lipinski definition) is 0. The Morgan fingerprint density at radius 2 is 1.19 bits per heavy atom. The second-order valence-electron chi connectivity index (χ2n) is 6.72. The lowest BCUT2D eigenvalue weighted by atomic mass is 10.2. The number of sulfonamides is 1. The molecule has 0 saturated carbocycles. The highest BCUT2D eigenvalue weighted by molar-refractivity contribution is 7.89. The highest BCUT2D eigenvalue weighted by Gasteiger charge is 2.26. The van der Waals surface area contributed by atoms with Crippen LogP contribution in [0.4, 0.5) is 5.69 Å². The molecule has 0 aliphatic rings. The first-order valence-corrected chi connectivity index (χ1v) is 10.8. The average Bonchev–Trinajstić information content (AvgIpc) is 2.79. The van der Waals surface area contributed by atoms with Crippen molar-refractivity contribution in [2.24, 2.45) is 0 Å². The Balaban J connectivity index is 1.94.